The number of thiophene rings is 1. The lowest BCUT2D eigenvalue weighted by atomic mass is 9.93. The van der Waals surface area contributed by atoms with Crippen molar-refractivity contribution in [2.24, 2.45) is 0 Å². The summed E-state index contributed by atoms with van der Waals surface area (Å²) in [6.07, 6.45) is 1.17. The standard InChI is InChI=1S/C14H13FO2S/c15-12-3-1-2-11(8-12)13(14(16)17)5-4-10-6-7-18-9-10/h1-3,6-9,13H,4-5H2,(H,16,17). The van der Waals surface area contributed by atoms with Gasteiger partial charge in [0.2, 0.25) is 0 Å². The summed E-state index contributed by atoms with van der Waals surface area (Å²) in [5, 5.41) is 13.2. The van der Waals surface area contributed by atoms with Gasteiger partial charge in [-0.1, -0.05) is 12.1 Å². The van der Waals surface area contributed by atoms with Crippen LogP contribution in [-0.4, -0.2) is 11.1 Å². The maximum absolute atomic E-state index is 13.1. The molecule has 0 fully saturated rings. The van der Waals surface area contributed by atoms with Crippen molar-refractivity contribution in [3.05, 3.63) is 58.0 Å². The van der Waals surface area contributed by atoms with Gasteiger partial charge in [0, 0.05) is 0 Å². The number of benzene rings is 1. The van der Waals surface area contributed by atoms with E-state index in [9.17, 15) is 14.3 Å². The minimum absolute atomic E-state index is 0.394. The van der Waals surface area contributed by atoms with E-state index in [1.807, 2.05) is 16.8 Å². The van der Waals surface area contributed by atoms with Crippen LogP contribution in [0.5, 0.6) is 0 Å². The first-order valence-electron chi connectivity index (χ1n) is 5.66. The van der Waals surface area contributed by atoms with Crippen LogP contribution in [0.15, 0.2) is 41.1 Å². The lowest BCUT2D eigenvalue weighted by Crippen LogP contribution is -2.12. The van der Waals surface area contributed by atoms with Gasteiger partial charge >= 0.3 is 5.97 Å². The molecule has 1 aromatic heterocycles. The molecular formula is C14H13FO2S. The Kier molecular flexibility index (Phi) is 4.10. The highest BCUT2D eigenvalue weighted by molar-refractivity contribution is 7.07. The third-order valence-corrected chi connectivity index (χ3v) is 3.58. The monoisotopic (exact) mass is 264 g/mol. The average molecular weight is 264 g/mol. The second-order valence-electron chi connectivity index (χ2n) is 4.12. The molecule has 0 saturated heterocycles. The van der Waals surface area contributed by atoms with Crippen molar-refractivity contribution in [1.82, 2.24) is 0 Å². The fourth-order valence-electron chi connectivity index (χ4n) is 1.90. The molecule has 0 saturated carbocycles. The fourth-order valence-corrected chi connectivity index (χ4v) is 2.61. The fraction of sp³-hybridized carbons (Fsp3) is 0.214. The molecule has 1 aromatic carbocycles. The molecule has 4 heteroatoms. The van der Waals surface area contributed by atoms with E-state index in [0.29, 0.717) is 18.4 Å². The first-order chi connectivity index (χ1) is 8.66. The van der Waals surface area contributed by atoms with Gasteiger partial charge in [0.1, 0.15) is 5.82 Å². The predicted molar refractivity (Wildman–Crippen MR) is 69.4 cm³/mol. The van der Waals surface area contributed by atoms with Gasteiger partial charge in [-0.15, -0.1) is 0 Å². The number of carbonyl (C=O) groups is 1. The van der Waals surface area contributed by atoms with Crippen molar-refractivity contribution in [3.8, 4) is 0 Å². The normalized spacial score (nSPS) is 12.3. The van der Waals surface area contributed by atoms with E-state index in [4.69, 9.17) is 0 Å². The predicted octanol–water partition coefficient (Wildman–Crippen LogP) is 3.69. The minimum atomic E-state index is -0.907. The highest BCUT2D eigenvalue weighted by Gasteiger charge is 2.20. The van der Waals surface area contributed by atoms with Gasteiger partial charge in [-0.05, 0) is 52.9 Å². The molecule has 94 valence electrons. The van der Waals surface area contributed by atoms with E-state index < -0.39 is 17.7 Å². The number of carboxylic acids is 1. The maximum atomic E-state index is 13.1. The van der Waals surface area contributed by atoms with Gasteiger partial charge in [0.15, 0.2) is 0 Å². The highest BCUT2D eigenvalue weighted by Crippen LogP contribution is 2.23. The third-order valence-electron chi connectivity index (χ3n) is 2.85. The minimum Gasteiger partial charge on any atom is -0.481 e. The van der Waals surface area contributed by atoms with Crippen LogP contribution >= 0.6 is 11.3 Å². The number of hydrogen-bond donors (Lipinski definition) is 1. The van der Waals surface area contributed by atoms with Crippen LogP contribution in [0.4, 0.5) is 4.39 Å². The first-order valence-corrected chi connectivity index (χ1v) is 6.60. The molecule has 1 heterocycles. The molecule has 0 bridgehead atoms. The smallest absolute Gasteiger partial charge is 0.310 e. The van der Waals surface area contributed by atoms with Crippen LogP contribution in [0.25, 0.3) is 0 Å². The number of halogens is 1. The Morgan fingerprint density at radius 1 is 1.39 bits per heavy atom. The van der Waals surface area contributed by atoms with Crippen molar-refractivity contribution in [3.63, 3.8) is 0 Å². The summed E-state index contributed by atoms with van der Waals surface area (Å²) in [5.41, 5.74) is 1.65. The number of aliphatic carboxylic acids is 1. The molecule has 1 atom stereocenters. The molecule has 18 heavy (non-hydrogen) atoms. The van der Waals surface area contributed by atoms with E-state index in [1.165, 1.54) is 12.1 Å². The Bertz CT molecular complexity index is 522. The Morgan fingerprint density at radius 2 is 2.22 bits per heavy atom. The average Bonchev–Trinajstić information content (AvgIpc) is 2.82. The second-order valence-corrected chi connectivity index (χ2v) is 4.90. The largest absolute Gasteiger partial charge is 0.481 e. The Labute approximate surface area is 109 Å². The highest BCUT2D eigenvalue weighted by atomic mass is 32.1. The summed E-state index contributed by atoms with van der Waals surface area (Å²) in [6, 6.07) is 7.81. The summed E-state index contributed by atoms with van der Waals surface area (Å²) >= 11 is 1.59. The Morgan fingerprint density at radius 3 is 2.83 bits per heavy atom. The van der Waals surface area contributed by atoms with E-state index in [0.717, 1.165) is 5.56 Å². The summed E-state index contributed by atoms with van der Waals surface area (Å²) in [7, 11) is 0. The second kappa shape index (κ2) is 5.78. The van der Waals surface area contributed by atoms with Crippen molar-refractivity contribution in [2.45, 2.75) is 18.8 Å². The van der Waals surface area contributed by atoms with E-state index in [2.05, 4.69) is 0 Å². The summed E-state index contributed by atoms with van der Waals surface area (Å²) in [6.45, 7) is 0. The third kappa shape index (κ3) is 3.17. The number of rotatable bonds is 5. The zero-order valence-corrected chi connectivity index (χ0v) is 10.5. The Balaban J connectivity index is 2.11. The zero-order chi connectivity index (χ0) is 13.0. The van der Waals surface area contributed by atoms with Crippen molar-refractivity contribution in [2.75, 3.05) is 0 Å². The number of hydrogen-bond acceptors (Lipinski definition) is 2. The van der Waals surface area contributed by atoms with Gasteiger partial charge in [-0.25, -0.2) is 4.39 Å². The van der Waals surface area contributed by atoms with Crippen LogP contribution in [-0.2, 0) is 11.2 Å². The van der Waals surface area contributed by atoms with Gasteiger partial charge < -0.3 is 5.11 Å². The van der Waals surface area contributed by atoms with Crippen molar-refractivity contribution >= 4 is 17.3 Å². The van der Waals surface area contributed by atoms with Crippen molar-refractivity contribution in [1.29, 1.82) is 0 Å². The van der Waals surface area contributed by atoms with Crippen LogP contribution in [0, 0.1) is 5.82 Å². The topological polar surface area (TPSA) is 37.3 Å². The molecule has 2 rings (SSSR count). The van der Waals surface area contributed by atoms with Gasteiger partial charge in [0.25, 0.3) is 0 Å². The number of aryl methyl sites for hydroxylation is 1. The SMILES string of the molecule is O=C(O)C(CCc1ccsc1)c1cccc(F)c1. The molecule has 0 amide bonds. The van der Waals surface area contributed by atoms with Gasteiger partial charge in [-0.3, -0.25) is 4.79 Å². The molecule has 1 unspecified atom stereocenters. The maximum Gasteiger partial charge on any atom is 0.310 e. The van der Waals surface area contributed by atoms with Gasteiger partial charge in [-0.2, -0.15) is 11.3 Å². The van der Waals surface area contributed by atoms with E-state index >= 15 is 0 Å². The summed E-state index contributed by atoms with van der Waals surface area (Å²) in [4.78, 5) is 11.3. The molecule has 0 aliphatic carbocycles. The lowest BCUT2D eigenvalue weighted by Gasteiger charge is -2.12. The number of carboxylic acid groups (broad SMARTS) is 1. The first kappa shape index (κ1) is 12.8. The van der Waals surface area contributed by atoms with Crippen LogP contribution in [0.3, 0.4) is 0 Å². The molecule has 0 spiro atoms. The molecule has 1 N–H and O–H groups in total. The van der Waals surface area contributed by atoms with Crippen molar-refractivity contribution < 1.29 is 14.3 Å². The van der Waals surface area contributed by atoms with E-state index in [1.54, 1.807) is 23.5 Å². The van der Waals surface area contributed by atoms with Crippen LogP contribution in [0.1, 0.15) is 23.5 Å². The summed E-state index contributed by atoms with van der Waals surface area (Å²) < 4.78 is 13.1. The van der Waals surface area contributed by atoms with Crippen LogP contribution in [0.2, 0.25) is 0 Å². The van der Waals surface area contributed by atoms with Gasteiger partial charge in [0.05, 0.1) is 5.92 Å². The quantitative estimate of drug-likeness (QED) is 0.894. The molecule has 0 aliphatic rings. The lowest BCUT2D eigenvalue weighted by molar-refractivity contribution is -0.138. The Hall–Kier alpha value is -1.68. The van der Waals surface area contributed by atoms with Crippen LogP contribution < -0.4 is 0 Å². The summed E-state index contributed by atoms with van der Waals surface area (Å²) in [5.74, 6) is -1.95. The molecular weight excluding hydrogens is 251 g/mol. The molecule has 0 aliphatic heterocycles. The molecule has 2 aromatic rings. The molecule has 0 radical (unpaired) electrons. The molecule has 2 nitrogen and oxygen atoms in total. The zero-order valence-electron chi connectivity index (χ0n) is 9.67. The van der Waals surface area contributed by atoms with E-state index in [-0.39, 0.29) is 0 Å².